The van der Waals surface area contributed by atoms with Crippen LogP contribution in [0, 0.1) is 0 Å². The van der Waals surface area contributed by atoms with Gasteiger partial charge in [0, 0.05) is 0 Å². The molecule has 0 aliphatic carbocycles. The largest absolute Gasteiger partial charge is 0.437 e. The monoisotopic (exact) mass is 231 g/mol. The van der Waals surface area contributed by atoms with Gasteiger partial charge in [-0.15, -0.1) is 0 Å². The molecule has 4 heteroatoms. The molecule has 0 saturated carbocycles. The van der Waals surface area contributed by atoms with Crippen LogP contribution in [0.15, 0.2) is 45.6 Å². The molecule has 0 atom stereocenters. The second-order valence-electron chi connectivity index (χ2n) is 3.41. The van der Waals surface area contributed by atoms with Crippen LogP contribution in [0.5, 0.6) is 0 Å². The minimum atomic E-state index is -0.0824. The Labute approximate surface area is 95.3 Å². The van der Waals surface area contributed by atoms with Gasteiger partial charge in [0.05, 0.1) is 10.8 Å². The maximum Gasteiger partial charge on any atom is 0.231 e. The maximum atomic E-state index is 12.1. The molecule has 0 aliphatic rings. The summed E-state index contributed by atoms with van der Waals surface area (Å²) in [5.74, 6) is 0. The average Bonchev–Trinajstić information content (AvgIpc) is 2.29. The van der Waals surface area contributed by atoms with Gasteiger partial charge in [-0.1, -0.05) is 23.7 Å². The summed E-state index contributed by atoms with van der Waals surface area (Å²) in [6, 6.07) is 10.3. The minimum absolute atomic E-state index is 0.0824. The molecule has 0 unspecified atom stereocenters. The van der Waals surface area contributed by atoms with Gasteiger partial charge >= 0.3 is 0 Å². The van der Waals surface area contributed by atoms with Crippen molar-refractivity contribution in [1.82, 2.24) is 4.98 Å². The average molecular weight is 232 g/mol. The van der Waals surface area contributed by atoms with Gasteiger partial charge in [0.25, 0.3) is 0 Å². The number of hydrogen-bond donors (Lipinski definition) is 0. The van der Waals surface area contributed by atoms with Gasteiger partial charge in [-0.25, -0.2) is 4.98 Å². The summed E-state index contributed by atoms with van der Waals surface area (Å²) in [6.45, 7) is 0. The van der Waals surface area contributed by atoms with Gasteiger partial charge in [-0.2, -0.15) is 0 Å². The second-order valence-corrected chi connectivity index (χ2v) is 3.80. The lowest BCUT2D eigenvalue weighted by Gasteiger charge is -1.99. The van der Waals surface area contributed by atoms with Crippen LogP contribution in [0.4, 0.5) is 0 Å². The van der Waals surface area contributed by atoms with Crippen LogP contribution in [0.1, 0.15) is 0 Å². The van der Waals surface area contributed by atoms with Crippen LogP contribution in [0.2, 0.25) is 5.15 Å². The normalized spacial score (nSPS) is 11.1. The molecule has 0 N–H and O–H groups in total. The highest BCUT2D eigenvalue weighted by atomic mass is 35.5. The van der Waals surface area contributed by atoms with Crippen LogP contribution >= 0.6 is 11.6 Å². The fraction of sp³-hybridized carbons (Fsp3) is 0. The molecule has 78 valence electrons. The van der Waals surface area contributed by atoms with Crippen molar-refractivity contribution in [2.45, 2.75) is 0 Å². The molecule has 0 radical (unpaired) electrons. The molecule has 2 heterocycles. The van der Waals surface area contributed by atoms with Gasteiger partial charge in [-0.3, -0.25) is 4.79 Å². The number of aromatic nitrogens is 1. The summed E-state index contributed by atoms with van der Waals surface area (Å²) in [7, 11) is 0. The van der Waals surface area contributed by atoms with Gasteiger partial charge in [0.15, 0.2) is 0 Å². The van der Waals surface area contributed by atoms with Gasteiger partial charge < -0.3 is 4.42 Å². The van der Waals surface area contributed by atoms with Crippen LogP contribution in [0.25, 0.3) is 22.1 Å². The molecule has 0 amide bonds. The molecular formula is C12H6ClNO2. The van der Waals surface area contributed by atoms with E-state index in [-0.39, 0.29) is 11.1 Å². The number of para-hydroxylation sites is 1. The minimum Gasteiger partial charge on any atom is -0.437 e. The Morgan fingerprint density at radius 2 is 1.88 bits per heavy atom. The van der Waals surface area contributed by atoms with Crippen LogP contribution in [0.3, 0.4) is 0 Å². The third-order valence-electron chi connectivity index (χ3n) is 2.41. The molecule has 0 aliphatic heterocycles. The number of halogens is 1. The molecule has 0 spiro atoms. The third kappa shape index (κ3) is 1.29. The van der Waals surface area contributed by atoms with Crippen molar-refractivity contribution in [2.24, 2.45) is 0 Å². The Balaban J connectivity index is 2.61. The van der Waals surface area contributed by atoms with E-state index < -0.39 is 0 Å². The zero-order chi connectivity index (χ0) is 11.1. The van der Waals surface area contributed by atoms with E-state index in [4.69, 9.17) is 16.0 Å². The van der Waals surface area contributed by atoms with Gasteiger partial charge in [0.1, 0.15) is 10.7 Å². The first kappa shape index (κ1) is 9.36. The number of nitrogens with zero attached hydrogens (tertiary/aromatic N) is 1. The fourth-order valence-electron chi connectivity index (χ4n) is 1.66. The Morgan fingerprint density at radius 3 is 2.75 bits per heavy atom. The number of hydrogen-bond acceptors (Lipinski definition) is 3. The molecule has 0 fully saturated rings. The van der Waals surface area contributed by atoms with Crippen LogP contribution in [-0.4, -0.2) is 4.98 Å². The quantitative estimate of drug-likeness (QED) is 0.441. The van der Waals surface area contributed by atoms with Crippen molar-refractivity contribution in [2.75, 3.05) is 0 Å². The summed E-state index contributed by atoms with van der Waals surface area (Å²) in [6.07, 6.45) is 0. The lowest BCUT2D eigenvalue weighted by Crippen LogP contribution is -2.02. The summed E-state index contributed by atoms with van der Waals surface area (Å²) in [5, 5.41) is 1.31. The van der Waals surface area contributed by atoms with Crippen molar-refractivity contribution < 1.29 is 4.42 Å². The SMILES string of the molecule is O=c1c2ccccc2oc2nc(Cl)ccc12. The number of pyridine rings is 1. The standard InChI is InChI=1S/C12H6ClNO2/c13-10-6-5-8-11(15)7-3-1-2-4-9(7)16-12(8)14-10/h1-6H. The highest BCUT2D eigenvalue weighted by molar-refractivity contribution is 6.29. The van der Waals surface area contributed by atoms with E-state index in [0.29, 0.717) is 21.5 Å². The molecule has 16 heavy (non-hydrogen) atoms. The Hall–Kier alpha value is -1.87. The van der Waals surface area contributed by atoms with E-state index in [1.165, 1.54) is 0 Å². The smallest absolute Gasteiger partial charge is 0.231 e. The van der Waals surface area contributed by atoms with Crippen LogP contribution in [-0.2, 0) is 0 Å². The van der Waals surface area contributed by atoms with E-state index in [1.54, 1.807) is 30.3 Å². The molecular weight excluding hydrogens is 226 g/mol. The first-order chi connectivity index (χ1) is 7.75. The second kappa shape index (κ2) is 3.32. The lowest BCUT2D eigenvalue weighted by molar-refractivity contribution is 0.645. The van der Waals surface area contributed by atoms with E-state index in [0.717, 1.165) is 0 Å². The third-order valence-corrected chi connectivity index (χ3v) is 2.62. The molecule has 3 nitrogen and oxygen atoms in total. The van der Waals surface area contributed by atoms with Crippen molar-refractivity contribution in [3.63, 3.8) is 0 Å². The van der Waals surface area contributed by atoms with Crippen molar-refractivity contribution in [3.05, 3.63) is 51.8 Å². The highest BCUT2D eigenvalue weighted by Crippen LogP contribution is 2.18. The Bertz CT molecular complexity index is 749. The summed E-state index contributed by atoms with van der Waals surface area (Å²) < 4.78 is 5.51. The van der Waals surface area contributed by atoms with Gasteiger partial charge in [0.2, 0.25) is 11.1 Å². The van der Waals surface area contributed by atoms with E-state index in [9.17, 15) is 4.79 Å². The van der Waals surface area contributed by atoms with Crippen molar-refractivity contribution in [1.29, 1.82) is 0 Å². The Kier molecular flexibility index (Phi) is 1.94. The number of fused-ring (bicyclic) bond motifs is 2. The van der Waals surface area contributed by atoms with E-state index in [2.05, 4.69) is 4.98 Å². The number of benzene rings is 1. The predicted molar refractivity (Wildman–Crippen MR) is 62.8 cm³/mol. The zero-order valence-corrected chi connectivity index (χ0v) is 8.86. The van der Waals surface area contributed by atoms with Crippen molar-refractivity contribution in [3.8, 4) is 0 Å². The Morgan fingerprint density at radius 1 is 1.06 bits per heavy atom. The molecule has 3 rings (SSSR count). The van der Waals surface area contributed by atoms with Crippen molar-refractivity contribution >= 4 is 33.7 Å². The topological polar surface area (TPSA) is 43.1 Å². The summed E-state index contributed by atoms with van der Waals surface area (Å²) >= 11 is 5.75. The fourth-order valence-corrected chi connectivity index (χ4v) is 1.80. The van der Waals surface area contributed by atoms with E-state index >= 15 is 0 Å². The molecule has 3 aromatic rings. The predicted octanol–water partition coefficient (Wildman–Crippen LogP) is 2.99. The first-order valence-electron chi connectivity index (χ1n) is 4.74. The van der Waals surface area contributed by atoms with E-state index in [1.807, 2.05) is 6.07 Å². The van der Waals surface area contributed by atoms with Crippen LogP contribution < -0.4 is 5.43 Å². The lowest BCUT2D eigenvalue weighted by atomic mass is 10.2. The number of rotatable bonds is 0. The maximum absolute atomic E-state index is 12.1. The first-order valence-corrected chi connectivity index (χ1v) is 5.11. The molecule has 1 aromatic carbocycles. The highest BCUT2D eigenvalue weighted by Gasteiger charge is 2.07. The molecule has 2 aromatic heterocycles. The summed E-state index contributed by atoms with van der Waals surface area (Å²) in [5.41, 5.74) is 0.715. The summed E-state index contributed by atoms with van der Waals surface area (Å²) in [4.78, 5) is 16.0. The zero-order valence-electron chi connectivity index (χ0n) is 8.11. The molecule has 0 saturated heterocycles. The van der Waals surface area contributed by atoms with Gasteiger partial charge in [-0.05, 0) is 24.3 Å². The molecule has 0 bridgehead atoms.